The van der Waals surface area contributed by atoms with Crippen molar-refractivity contribution in [3.8, 4) is 0 Å². The predicted octanol–water partition coefficient (Wildman–Crippen LogP) is 2.36. The maximum Gasteiger partial charge on any atom is 0.305 e. The normalized spacial score (nSPS) is 12.1. The Hall–Kier alpha value is -0.590. The second kappa shape index (κ2) is 8.49. The number of hydrogen-bond acceptors (Lipinski definition) is 4. The molecule has 0 unspecified atom stereocenters. The summed E-state index contributed by atoms with van der Waals surface area (Å²) in [5, 5.41) is 0. The molecule has 0 aliphatic heterocycles. The van der Waals surface area contributed by atoms with Gasteiger partial charge < -0.3 is 14.2 Å². The van der Waals surface area contributed by atoms with Crippen LogP contribution in [0.3, 0.4) is 0 Å². The zero-order valence-corrected chi connectivity index (χ0v) is 10.5. The Morgan fingerprint density at radius 1 is 1.29 bits per heavy atom. The zero-order valence-electron chi connectivity index (χ0n) is 10.5. The van der Waals surface area contributed by atoms with E-state index >= 15 is 0 Å². The monoisotopic (exact) mass is 254 g/mol. The summed E-state index contributed by atoms with van der Waals surface area (Å²) in [5.41, 5.74) is 0. The number of ketones is 1. The number of alkyl halides is 2. The number of hydrogen-bond donors (Lipinski definition) is 0. The molecule has 0 radical (unpaired) electrons. The Morgan fingerprint density at radius 2 is 1.88 bits per heavy atom. The Balaban J connectivity index is 3.91. The van der Waals surface area contributed by atoms with E-state index in [0.29, 0.717) is 12.8 Å². The molecule has 0 saturated carbocycles. The molecule has 0 fully saturated rings. The molecule has 0 rings (SSSR count). The Kier molecular flexibility index (Phi) is 8.20. The van der Waals surface area contributed by atoms with Gasteiger partial charge in [-0.2, -0.15) is 8.78 Å². The standard InChI is InChI=1S/C11H20F2O4/c1-4-5-7-11(12,13)9(14)6-8-17-10(15-2)16-3/h10H,4-8H2,1-3H3. The number of ether oxygens (including phenoxy) is 3. The van der Waals surface area contributed by atoms with Gasteiger partial charge in [-0.3, -0.25) is 4.79 Å². The molecule has 4 nitrogen and oxygen atoms in total. The smallest absolute Gasteiger partial charge is 0.305 e. The highest BCUT2D eigenvalue weighted by atomic mass is 19.3. The van der Waals surface area contributed by atoms with Gasteiger partial charge in [-0.1, -0.05) is 13.3 Å². The molecular weight excluding hydrogens is 234 g/mol. The molecule has 0 spiro atoms. The first kappa shape index (κ1) is 16.4. The predicted molar refractivity (Wildman–Crippen MR) is 57.9 cm³/mol. The minimum absolute atomic E-state index is 0.146. The molecule has 0 amide bonds. The number of carbonyl (C=O) groups is 1. The van der Waals surface area contributed by atoms with Crippen molar-refractivity contribution in [2.75, 3.05) is 20.8 Å². The van der Waals surface area contributed by atoms with Crippen molar-refractivity contribution in [3.63, 3.8) is 0 Å². The van der Waals surface area contributed by atoms with Crippen LogP contribution in [-0.4, -0.2) is 39.0 Å². The van der Waals surface area contributed by atoms with Crippen molar-refractivity contribution in [2.24, 2.45) is 0 Å². The fourth-order valence-electron chi connectivity index (χ4n) is 1.20. The van der Waals surface area contributed by atoms with Crippen LogP contribution in [0.4, 0.5) is 8.78 Å². The van der Waals surface area contributed by atoms with Crippen LogP contribution in [0.15, 0.2) is 0 Å². The topological polar surface area (TPSA) is 44.8 Å². The highest BCUT2D eigenvalue weighted by Gasteiger charge is 2.36. The van der Waals surface area contributed by atoms with Crippen molar-refractivity contribution in [3.05, 3.63) is 0 Å². The number of methoxy groups -OCH3 is 2. The SMILES string of the molecule is CCCCC(F)(F)C(=O)CCOC(OC)OC. The number of carbonyl (C=O) groups excluding carboxylic acids is 1. The lowest BCUT2D eigenvalue weighted by atomic mass is 10.1. The van der Waals surface area contributed by atoms with E-state index in [2.05, 4.69) is 9.47 Å². The fraction of sp³-hybridized carbons (Fsp3) is 0.909. The van der Waals surface area contributed by atoms with Crippen molar-refractivity contribution >= 4 is 5.78 Å². The molecule has 0 aromatic carbocycles. The lowest BCUT2D eigenvalue weighted by molar-refractivity contribution is -0.265. The number of Topliss-reactive ketones (excluding diaryl/α,β-unsaturated/α-hetero) is 1. The summed E-state index contributed by atoms with van der Waals surface area (Å²) >= 11 is 0. The van der Waals surface area contributed by atoms with Gasteiger partial charge in [0, 0.05) is 27.1 Å². The average Bonchev–Trinajstić information content (AvgIpc) is 2.32. The molecular formula is C11H20F2O4. The minimum atomic E-state index is -3.25. The van der Waals surface area contributed by atoms with E-state index in [0.717, 1.165) is 0 Å². The first-order valence-corrected chi connectivity index (χ1v) is 5.56. The van der Waals surface area contributed by atoms with Gasteiger partial charge in [-0.25, -0.2) is 0 Å². The zero-order chi connectivity index (χ0) is 13.3. The van der Waals surface area contributed by atoms with Gasteiger partial charge in [0.15, 0.2) is 0 Å². The summed E-state index contributed by atoms with van der Waals surface area (Å²) in [6, 6.07) is 0. The van der Waals surface area contributed by atoms with Gasteiger partial charge in [0.2, 0.25) is 5.78 Å². The van der Waals surface area contributed by atoms with Crippen LogP contribution in [0.5, 0.6) is 0 Å². The quantitative estimate of drug-likeness (QED) is 0.561. The van der Waals surface area contributed by atoms with Gasteiger partial charge in [0.05, 0.1) is 6.61 Å². The van der Waals surface area contributed by atoms with Crippen molar-refractivity contribution in [2.45, 2.75) is 45.0 Å². The lowest BCUT2D eigenvalue weighted by Crippen LogP contribution is -2.30. The third kappa shape index (κ3) is 6.65. The Bertz CT molecular complexity index is 218. The summed E-state index contributed by atoms with van der Waals surface area (Å²) in [5.74, 6) is -4.36. The number of rotatable bonds is 10. The van der Waals surface area contributed by atoms with Crippen LogP contribution in [-0.2, 0) is 19.0 Å². The largest absolute Gasteiger partial charge is 0.333 e. The van der Waals surface area contributed by atoms with Crippen LogP contribution < -0.4 is 0 Å². The van der Waals surface area contributed by atoms with Crippen molar-refractivity contribution < 1.29 is 27.8 Å². The summed E-state index contributed by atoms with van der Waals surface area (Å²) in [7, 11) is 2.71. The second-order valence-corrected chi connectivity index (χ2v) is 3.61. The molecule has 6 heteroatoms. The summed E-state index contributed by atoms with van der Waals surface area (Å²) < 4.78 is 40.7. The van der Waals surface area contributed by atoms with Gasteiger partial charge >= 0.3 is 5.92 Å². The molecule has 0 atom stereocenters. The summed E-state index contributed by atoms with van der Waals surface area (Å²) in [6.45, 7) is 0.727. The maximum atomic E-state index is 13.2. The summed E-state index contributed by atoms with van der Waals surface area (Å²) in [4.78, 5) is 11.2. The van der Waals surface area contributed by atoms with Crippen molar-refractivity contribution in [1.29, 1.82) is 0 Å². The van der Waals surface area contributed by atoms with Crippen LogP contribution >= 0.6 is 0 Å². The molecule has 0 N–H and O–H groups in total. The van der Waals surface area contributed by atoms with Crippen molar-refractivity contribution in [1.82, 2.24) is 0 Å². The molecule has 0 saturated heterocycles. The minimum Gasteiger partial charge on any atom is -0.333 e. The molecule has 0 aliphatic carbocycles. The highest BCUT2D eigenvalue weighted by molar-refractivity contribution is 5.85. The molecule has 0 heterocycles. The Labute approximate surface area is 100 Å². The fourth-order valence-corrected chi connectivity index (χ4v) is 1.20. The van der Waals surface area contributed by atoms with Gasteiger partial charge in [0.25, 0.3) is 6.48 Å². The van der Waals surface area contributed by atoms with E-state index in [4.69, 9.17) is 4.74 Å². The first-order valence-electron chi connectivity index (χ1n) is 5.56. The Morgan fingerprint density at radius 3 is 2.35 bits per heavy atom. The first-order chi connectivity index (χ1) is 7.97. The van der Waals surface area contributed by atoms with Crippen LogP contribution in [0.25, 0.3) is 0 Å². The van der Waals surface area contributed by atoms with Crippen LogP contribution in [0, 0.1) is 0 Å². The van der Waals surface area contributed by atoms with E-state index in [1.54, 1.807) is 6.92 Å². The van der Waals surface area contributed by atoms with E-state index in [1.807, 2.05) is 0 Å². The van der Waals surface area contributed by atoms with E-state index < -0.39 is 24.6 Å². The molecule has 0 bridgehead atoms. The second-order valence-electron chi connectivity index (χ2n) is 3.61. The van der Waals surface area contributed by atoms with E-state index in [-0.39, 0.29) is 13.0 Å². The van der Waals surface area contributed by atoms with E-state index in [1.165, 1.54) is 14.2 Å². The molecule has 0 aliphatic rings. The highest BCUT2D eigenvalue weighted by Crippen LogP contribution is 2.23. The molecule has 0 aromatic heterocycles. The number of unbranched alkanes of at least 4 members (excludes halogenated alkanes) is 1. The van der Waals surface area contributed by atoms with Crippen LogP contribution in [0.2, 0.25) is 0 Å². The third-order valence-corrected chi connectivity index (χ3v) is 2.22. The molecule has 102 valence electrons. The number of halogens is 2. The van der Waals surface area contributed by atoms with Crippen LogP contribution in [0.1, 0.15) is 32.6 Å². The maximum absolute atomic E-state index is 13.2. The van der Waals surface area contributed by atoms with E-state index in [9.17, 15) is 13.6 Å². The lowest BCUT2D eigenvalue weighted by Gasteiger charge is -2.16. The molecule has 17 heavy (non-hydrogen) atoms. The van der Waals surface area contributed by atoms with Gasteiger partial charge in [-0.05, 0) is 6.42 Å². The molecule has 0 aromatic rings. The third-order valence-electron chi connectivity index (χ3n) is 2.22. The van der Waals surface area contributed by atoms with Gasteiger partial charge in [-0.15, -0.1) is 0 Å². The average molecular weight is 254 g/mol. The van der Waals surface area contributed by atoms with Gasteiger partial charge in [0.1, 0.15) is 0 Å². The summed E-state index contributed by atoms with van der Waals surface area (Å²) in [6.07, 6.45) is 0.216.